The summed E-state index contributed by atoms with van der Waals surface area (Å²) in [5.74, 6) is 0. The second kappa shape index (κ2) is 0.595. The van der Waals surface area contributed by atoms with Crippen LogP contribution < -0.4 is 0 Å². The SMILES string of the molecule is BrB(Br)[C]12[CH]3[CH]4[C]5(Br)[CH]1[Fe]43521678[CH]2[CH]1[CH]6[C]7(Br)[CH]28. The molecule has 0 saturated carbocycles. The van der Waals surface area contributed by atoms with Gasteiger partial charge in [-0.2, -0.15) is 0 Å². The number of rotatable bonds is 1. The molecule has 0 radical (unpaired) electrons. The first-order valence-electron chi connectivity index (χ1n) is 6.13. The second-order valence-corrected chi connectivity index (χ2v) is 40.0. The van der Waals surface area contributed by atoms with Gasteiger partial charge in [0, 0.05) is 0 Å². The van der Waals surface area contributed by atoms with E-state index < -0.39 is 6.51 Å². The molecule has 9 unspecified atom stereocenters. The normalized spacial score (nSPS) is 135. The summed E-state index contributed by atoms with van der Waals surface area (Å²) in [6.07, 6.45) is 0. The molecule has 10 aliphatic rings. The first-order valence-corrected chi connectivity index (χ1v) is 15.7. The molecule has 10 saturated heterocycles. The first-order chi connectivity index (χ1) is 7.26. The fourth-order valence-electron chi connectivity index (χ4n) is 17.0. The maximum absolute atomic E-state index is 4.40. The van der Waals surface area contributed by atoms with Crippen LogP contribution in [-0.2, 0) is 6.51 Å². The Hall–Kier alpha value is 2.50. The Morgan fingerprint density at radius 2 is 1.50 bits per heavy atom. The van der Waals surface area contributed by atoms with Gasteiger partial charge in [0.1, 0.15) is 0 Å². The molecule has 0 nitrogen and oxygen atoms in total. The molecule has 0 aromatic heterocycles. The van der Waals surface area contributed by atoms with Crippen molar-refractivity contribution in [2.75, 3.05) is 0 Å². The van der Waals surface area contributed by atoms with E-state index in [2.05, 4.69) is 63.4 Å². The minimum atomic E-state index is -3.19. The van der Waals surface area contributed by atoms with Gasteiger partial charge < -0.3 is 0 Å². The number of hydrogen-bond acceptors (Lipinski definition) is 0. The van der Waals surface area contributed by atoms with Crippen molar-refractivity contribution in [1.82, 2.24) is 0 Å². The molecule has 0 amide bonds. The summed E-state index contributed by atoms with van der Waals surface area (Å²) in [5.41, 5.74) is 0. The van der Waals surface area contributed by atoms with Crippen molar-refractivity contribution in [2.24, 2.45) is 0 Å². The third kappa shape index (κ3) is 0.0648. The van der Waals surface area contributed by atoms with Gasteiger partial charge in [-0.1, -0.05) is 0 Å². The van der Waals surface area contributed by atoms with Gasteiger partial charge in [0.05, 0.1) is 0 Å². The third-order valence-corrected chi connectivity index (χ3v) is 74.7. The van der Waals surface area contributed by atoms with E-state index in [4.69, 9.17) is 0 Å². The average Bonchev–Trinajstić information content (AvgIpc) is 3.14. The van der Waals surface area contributed by atoms with Crippen molar-refractivity contribution >= 4 is 67.7 Å². The molecule has 6 heteroatoms. The first kappa shape index (κ1) is 7.49. The summed E-state index contributed by atoms with van der Waals surface area (Å²) in [4.78, 5) is 8.97. The Balaban J connectivity index is 1.86. The summed E-state index contributed by atoms with van der Waals surface area (Å²) in [7, 11) is 0. The van der Waals surface area contributed by atoms with Gasteiger partial charge >= 0.3 is 119 Å². The van der Waals surface area contributed by atoms with Crippen LogP contribution in [-0.4, -0.2) is 10.8 Å². The molecule has 10 aliphatic heterocycles. The number of halogens is 4. The molecule has 0 aliphatic carbocycles. The van der Waals surface area contributed by atoms with Crippen molar-refractivity contribution in [2.45, 2.75) is 44.4 Å². The second-order valence-electron chi connectivity index (χ2n) is 10.1. The molecule has 16 heavy (non-hydrogen) atoms. The van der Waals surface area contributed by atoms with Crippen molar-refractivity contribution < 1.29 is 6.51 Å². The van der Waals surface area contributed by atoms with Crippen LogP contribution in [0, 0.1) is 0 Å². The van der Waals surface area contributed by atoms with Gasteiger partial charge in [-0.15, -0.1) is 0 Å². The molecule has 86 valence electrons. The predicted octanol–water partition coefficient (Wildman–Crippen LogP) is 5.17. The van der Waals surface area contributed by atoms with Gasteiger partial charge in [-0.3, -0.25) is 0 Å². The van der Waals surface area contributed by atoms with Crippen LogP contribution in [0.5, 0.6) is 0 Å². The van der Waals surface area contributed by atoms with Gasteiger partial charge in [0.2, 0.25) is 0 Å². The van der Waals surface area contributed by atoms with E-state index >= 15 is 0 Å². The monoisotopic (exact) mass is 510 g/mol. The van der Waals surface area contributed by atoms with Gasteiger partial charge in [-0.25, -0.2) is 0 Å². The van der Waals surface area contributed by atoms with Gasteiger partial charge in [0.15, 0.2) is 0 Å². The number of alkyl halides is 2. The molecule has 0 N–H and O–H groups in total. The van der Waals surface area contributed by atoms with E-state index in [-0.39, 0.29) is 0 Å². The van der Waals surface area contributed by atoms with E-state index in [9.17, 15) is 0 Å². The van der Waals surface area contributed by atoms with E-state index in [1.54, 1.807) is 0 Å². The topological polar surface area (TPSA) is 0 Å². The van der Waals surface area contributed by atoms with Crippen LogP contribution in [0.2, 0.25) is 37.9 Å². The van der Waals surface area contributed by atoms with Crippen molar-refractivity contribution in [3.05, 3.63) is 0 Å². The standard InChI is InChI=1S/C5H3BBr3.C5H4Br.Fe/c7-5-2-1-4(3-5)6(8)9;6-5-3-1-2-4-5;/h1-3H;1-4H;. The van der Waals surface area contributed by atoms with Crippen LogP contribution in [0.1, 0.15) is 0 Å². The molecule has 0 aromatic carbocycles. The molecule has 0 aromatic rings. The summed E-state index contributed by atoms with van der Waals surface area (Å²) in [5, 5.41) is 0. The van der Waals surface area contributed by atoms with Crippen LogP contribution in [0.4, 0.5) is 0 Å². The molecular formula is C10H7BBr4Fe. The molecule has 10 rings (SSSR count). The van der Waals surface area contributed by atoms with Crippen LogP contribution >= 0.6 is 63.4 Å². The zero-order chi connectivity index (χ0) is 10.4. The Labute approximate surface area is 117 Å². The predicted molar refractivity (Wildman–Crippen MR) is 75.9 cm³/mol. The summed E-state index contributed by atoms with van der Waals surface area (Å²) in [6, 6.07) is 0. The Kier molecular flexibility index (Phi) is 0.279. The van der Waals surface area contributed by atoms with Crippen molar-refractivity contribution in [3.63, 3.8) is 0 Å². The zero-order valence-electron chi connectivity index (χ0n) is 7.98. The van der Waals surface area contributed by atoms with Crippen LogP contribution in [0.3, 0.4) is 0 Å². The van der Waals surface area contributed by atoms with Gasteiger partial charge in [-0.05, 0) is 0 Å². The van der Waals surface area contributed by atoms with Crippen molar-refractivity contribution in [3.8, 4) is 0 Å². The fourth-order valence-corrected chi connectivity index (χ4v) is 127. The van der Waals surface area contributed by atoms with E-state index in [0.29, 0.717) is 4.36 Å². The summed E-state index contributed by atoms with van der Waals surface area (Å²) >= 11 is 16.8. The molecule has 1 spiro atoms. The molecular weight excluding hydrogens is 506 g/mol. The molecule has 9 atom stereocenters. The average molecular weight is 513 g/mol. The van der Waals surface area contributed by atoms with E-state index in [0.717, 1.165) is 10.7 Å². The summed E-state index contributed by atoms with van der Waals surface area (Å²) in [6.45, 7) is -3.19. The van der Waals surface area contributed by atoms with Crippen LogP contribution in [0.15, 0.2) is 0 Å². The van der Waals surface area contributed by atoms with E-state index in [1.807, 2.05) is 0 Å². The quantitative estimate of drug-likeness (QED) is 0.336. The minimum absolute atomic E-state index is 0.658. The number of fused-ring (bicyclic) bond motifs is 10. The van der Waals surface area contributed by atoms with Crippen LogP contribution in [0.25, 0.3) is 0 Å². The Morgan fingerprint density at radius 1 is 0.875 bits per heavy atom. The zero-order valence-corrected chi connectivity index (χ0v) is 15.4. The van der Waals surface area contributed by atoms with Gasteiger partial charge in [0.25, 0.3) is 0 Å². The van der Waals surface area contributed by atoms with E-state index in [1.165, 1.54) is 33.7 Å². The molecule has 10 heterocycles. The Morgan fingerprint density at radius 3 is 1.56 bits per heavy atom. The maximum atomic E-state index is 4.40. The third-order valence-electron chi connectivity index (χ3n) is 15.0. The number of hydrogen-bond donors (Lipinski definition) is 0. The molecule has 0 bridgehead atoms. The molecule has 10 fully saturated rings. The Bertz CT molecular complexity index is 1050. The van der Waals surface area contributed by atoms with Crippen molar-refractivity contribution in [1.29, 1.82) is 0 Å². The summed E-state index contributed by atoms with van der Waals surface area (Å²) < 4.78 is 3.13. The fraction of sp³-hybridized carbons (Fsp3) is 1.00.